The fourth-order valence-electron chi connectivity index (χ4n) is 2.98. The molecule has 1 aliphatic heterocycles. The molecule has 0 aliphatic carbocycles. The van der Waals surface area contributed by atoms with Crippen molar-refractivity contribution >= 4 is 5.91 Å². The van der Waals surface area contributed by atoms with Gasteiger partial charge in [-0.1, -0.05) is 13.0 Å². The molecule has 0 bridgehead atoms. The van der Waals surface area contributed by atoms with Crippen molar-refractivity contribution in [2.45, 2.75) is 45.4 Å². The predicted octanol–water partition coefficient (Wildman–Crippen LogP) is 2.42. The normalized spacial score (nSPS) is 17.7. The number of aliphatic hydroxyl groups is 1. The number of aryl methyl sites for hydroxylation is 1. The Morgan fingerprint density at radius 3 is 2.71 bits per heavy atom. The second-order valence-corrected chi connectivity index (χ2v) is 6.07. The van der Waals surface area contributed by atoms with Crippen LogP contribution in [0.3, 0.4) is 0 Å². The van der Waals surface area contributed by atoms with Crippen LogP contribution in [0, 0.1) is 5.41 Å². The van der Waals surface area contributed by atoms with Gasteiger partial charge >= 0.3 is 0 Å². The van der Waals surface area contributed by atoms with Crippen molar-refractivity contribution < 1.29 is 9.90 Å². The van der Waals surface area contributed by atoms with Gasteiger partial charge in [0.15, 0.2) is 0 Å². The number of nitrogens with zero attached hydrogens (tertiary/aromatic N) is 2. The summed E-state index contributed by atoms with van der Waals surface area (Å²) in [5.41, 5.74) is 1.10. The van der Waals surface area contributed by atoms with E-state index in [1.54, 1.807) is 6.20 Å². The second kappa shape index (κ2) is 7.55. The molecule has 0 atom stereocenters. The van der Waals surface area contributed by atoms with E-state index in [1.807, 2.05) is 23.1 Å². The third-order valence-corrected chi connectivity index (χ3v) is 4.81. The molecule has 21 heavy (non-hydrogen) atoms. The lowest BCUT2D eigenvalue weighted by Crippen LogP contribution is -2.44. The average Bonchev–Trinajstić information content (AvgIpc) is 2.56. The maximum atomic E-state index is 12.2. The highest BCUT2D eigenvalue weighted by molar-refractivity contribution is 5.76. The minimum Gasteiger partial charge on any atom is -0.396 e. The van der Waals surface area contributed by atoms with Crippen molar-refractivity contribution in [2.75, 3.05) is 19.7 Å². The molecule has 0 unspecified atom stereocenters. The minimum absolute atomic E-state index is 0.0464. The van der Waals surface area contributed by atoms with Gasteiger partial charge in [0.2, 0.25) is 5.91 Å². The van der Waals surface area contributed by atoms with Crippen molar-refractivity contribution in [1.29, 1.82) is 0 Å². The Hall–Kier alpha value is -1.42. The van der Waals surface area contributed by atoms with Gasteiger partial charge in [-0.2, -0.15) is 0 Å². The lowest BCUT2D eigenvalue weighted by molar-refractivity contribution is -0.134. The van der Waals surface area contributed by atoms with Crippen LogP contribution in [0.1, 0.15) is 44.7 Å². The summed E-state index contributed by atoms with van der Waals surface area (Å²) in [7, 11) is 0. The number of amides is 1. The van der Waals surface area contributed by atoms with E-state index < -0.39 is 0 Å². The van der Waals surface area contributed by atoms with Gasteiger partial charge in [0.25, 0.3) is 0 Å². The number of carbonyl (C=O) groups excluding carboxylic acids is 1. The van der Waals surface area contributed by atoms with Gasteiger partial charge in [-0.3, -0.25) is 9.78 Å². The Bertz CT molecular complexity index is 433. The number of hydrogen-bond acceptors (Lipinski definition) is 3. The maximum absolute atomic E-state index is 12.2. The fraction of sp³-hybridized carbons (Fsp3) is 0.647. The van der Waals surface area contributed by atoms with Crippen LogP contribution in [-0.4, -0.2) is 40.6 Å². The monoisotopic (exact) mass is 290 g/mol. The van der Waals surface area contributed by atoms with Crippen molar-refractivity contribution in [2.24, 2.45) is 5.41 Å². The fourth-order valence-corrected chi connectivity index (χ4v) is 2.98. The maximum Gasteiger partial charge on any atom is 0.222 e. The summed E-state index contributed by atoms with van der Waals surface area (Å²) in [5, 5.41) is 9.52. The average molecular weight is 290 g/mol. The molecule has 1 fully saturated rings. The van der Waals surface area contributed by atoms with E-state index in [9.17, 15) is 9.90 Å². The highest BCUT2D eigenvalue weighted by Gasteiger charge is 2.33. The molecule has 4 nitrogen and oxygen atoms in total. The first-order valence-corrected chi connectivity index (χ1v) is 7.98. The Morgan fingerprint density at radius 1 is 1.38 bits per heavy atom. The van der Waals surface area contributed by atoms with E-state index in [0.717, 1.165) is 50.9 Å². The summed E-state index contributed by atoms with van der Waals surface area (Å²) in [6, 6.07) is 5.89. The number of piperidine rings is 1. The lowest BCUT2D eigenvalue weighted by Gasteiger charge is -2.40. The Labute approximate surface area is 127 Å². The molecule has 1 N–H and O–H groups in total. The van der Waals surface area contributed by atoms with Crippen molar-refractivity contribution in [3.8, 4) is 0 Å². The Balaban J connectivity index is 1.73. The van der Waals surface area contributed by atoms with E-state index in [4.69, 9.17) is 0 Å². The molecule has 1 aliphatic rings. The van der Waals surface area contributed by atoms with Crippen molar-refractivity contribution in [3.63, 3.8) is 0 Å². The summed E-state index contributed by atoms with van der Waals surface area (Å²) in [5.74, 6) is 0.244. The molecule has 1 amide bonds. The molecule has 0 spiro atoms. The molecular weight excluding hydrogens is 264 g/mol. The second-order valence-electron chi connectivity index (χ2n) is 6.07. The zero-order valence-corrected chi connectivity index (χ0v) is 12.9. The zero-order chi connectivity index (χ0) is 15.1. The molecule has 2 rings (SSSR count). The third-order valence-electron chi connectivity index (χ3n) is 4.81. The van der Waals surface area contributed by atoms with Gasteiger partial charge < -0.3 is 10.0 Å². The molecule has 2 heterocycles. The van der Waals surface area contributed by atoms with E-state index >= 15 is 0 Å². The van der Waals surface area contributed by atoms with E-state index in [0.29, 0.717) is 6.42 Å². The molecular formula is C17H26N2O2. The van der Waals surface area contributed by atoms with Crippen LogP contribution in [0.5, 0.6) is 0 Å². The molecule has 116 valence electrons. The van der Waals surface area contributed by atoms with Crippen molar-refractivity contribution in [1.82, 2.24) is 9.88 Å². The molecule has 0 radical (unpaired) electrons. The highest BCUT2D eigenvalue weighted by Crippen LogP contribution is 2.34. The van der Waals surface area contributed by atoms with Crippen LogP contribution in [-0.2, 0) is 11.2 Å². The van der Waals surface area contributed by atoms with Crippen LogP contribution in [0.15, 0.2) is 24.4 Å². The number of rotatable bonds is 6. The summed E-state index contributed by atoms with van der Waals surface area (Å²) < 4.78 is 0. The number of pyridine rings is 1. The van der Waals surface area contributed by atoms with Gasteiger partial charge in [0, 0.05) is 38.0 Å². The van der Waals surface area contributed by atoms with Gasteiger partial charge in [-0.25, -0.2) is 0 Å². The van der Waals surface area contributed by atoms with E-state index in [2.05, 4.69) is 11.9 Å². The number of aromatic nitrogens is 1. The topological polar surface area (TPSA) is 53.4 Å². The van der Waals surface area contributed by atoms with Crippen LogP contribution in [0.2, 0.25) is 0 Å². The highest BCUT2D eigenvalue weighted by atomic mass is 16.3. The number of likely N-dealkylation sites (tertiary alicyclic amines) is 1. The van der Waals surface area contributed by atoms with Gasteiger partial charge in [-0.05, 0) is 49.7 Å². The van der Waals surface area contributed by atoms with Crippen LogP contribution < -0.4 is 0 Å². The largest absolute Gasteiger partial charge is 0.396 e. The quantitative estimate of drug-likeness (QED) is 0.875. The van der Waals surface area contributed by atoms with Crippen LogP contribution in [0.25, 0.3) is 0 Å². The summed E-state index contributed by atoms with van der Waals surface area (Å²) >= 11 is 0. The molecule has 4 heteroatoms. The smallest absolute Gasteiger partial charge is 0.222 e. The molecule has 0 saturated carbocycles. The Kier molecular flexibility index (Phi) is 5.74. The SMILES string of the molecule is CCC1(CO)CCN(C(=O)CCCc2ccccn2)CC1. The van der Waals surface area contributed by atoms with Crippen molar-refractivity contribution in [3.05, 3.63) is 30.1 Å². The summed E-state index contributed by atoms with van der Waals surface area (Å²) in [6.07, 6.45) is 6.93. The molecule has 1 aromatic heterocycles. The minimum atomic E-state index is 0.0464. The number of hydrogen-bond donors (Lipinski definition) is 1. The Morgan fingerprint density at radius 2 is 2.14 bits per heavy atom. The summed E-state index contributed by atoms with van der Waals surface area (Å²) in [6.45, 7) is 3.94. The standard InChI is InChI=1S/C17H26N2O2/c1-2-17(14-20)9-12-19(13-10-17)16(21)8-5-7-15-6-3-4-11-18-15/h3-4,6,11,20H,2,5,7-10,12-14H2,1H3. The number of aliphatic hydroxyl groups excluding tert-OH is 1. The molecule has 0 aromatic carbocycles. The first-order valence-electron chi connectivity index (χ1n) is 7.98. The third kappa shape index (κ3) is 4.27. The first kappa shape index (κ1) is 16.0. The van der Waals surface area contributed by atoms with Crippen LogP contribution >= 0.6 is 0 Å². The molecule has 1 saturated heterocycles. The summed E-state index contributed by atoms with van der Waals surface area (Å²) in [4.78, 5) is 18.5. The lowest BCUT2D eigenvalue weighted by atomic mass is 9.77. The zero-order valence-electron chi connectivity index (χ0n) is 12.9. The van der Waals surface area contributed by atoms with Crippen LogP contribution in [0.4, 0.5) is 0 Å². The predicted molar refractivity (Wildman–Crippen MR) is 82.8 cm³/mol. The number of carbonyl (C=O) groups is 1. The van der Waals surface area contributed by atoms with E-state index in [1.165, 1.54) is 0 Å². The van der Waals surface area contributed by atoms with Gasteiger partial charge in [-0.15, -0.1) is 0 Å². The van der Waals surface area contributed by atoms with Gasteiger partial charge in [0.1, 0.15) is 0 Å². The molecule has 1 aromatic rings. The van der Waals surface area contributed by atoms with E-state index in [-0.39, 0.29) is 17.9 Å². The van der Waals surface area contributed by atoms with Gasteiger partial charge in [0.05, 0.1) is 0 Å². The first-order chi connectivity index (χ1) is 10.2.